The van der Waals surface area contributed by atoms with Crippen molar-refractivity contribution in [3.63, 3.8) is 0 Å². The molecule has 0 aliphatic rings. The summed E-state index contributed by atoms with van der Waals surface area (Å²) in [5.74, 6) is 1.24. The van der Waals surface area contributed by atoms with Crippen molar-refractivity contribution in [2.24, 2.45) is 0 Å². The third-order valence-electron chi connectivity index (χ3n) is 3.92. The monoisotopic (exact) mass is 383 g/mol. The van der Waals surface area contributed by atoms with Crippen molar-refractivity contribution in [2.75, 3.05) is 7.11 Å². The molecule has 0 fully saturated rings. The molecule has 1 atom stereocenters. The standard InChI is InChI=1S/C20H21N3O3S/c1-14(19(24)21-13-16-8-10-17(25-2)11-9-16)27-20-23-22-18(26-20)12-15-6-4-3-5-7-15/h3-11,14H,12-13H2,1-2H3,(H,21,24)/t14-/m0/s1. The molecule has 1 N–H and O–H groups in total. The Morgan fingerprint density at radius 1 is 1.11 bits per heavy atom. The zero-order chi connectivity index (χ0) is 19.1. The molecule has 7 heteroatoms. The number of thioether (sulfide) groups is 1. The van der Waals surface area contributed by atoms with Crippen molar-refractivity contribution in [3.8, 4) is 5.75 Å². The van der Waals surface area contributed by atoms with Gasteiger partial charge in [0.15, 0.2) is 0 Å². The lowest BCUT2D eigenvalue weighted by Gasteiger charge is -2.10. The first kappa shape index (κ1) is 19.0. The number of hydrogen-bond acceptors (Lipinski definition) is 6. The first-order valence-corrected chi connectivity index (χ1v) is 9.45. The van der Waals surface area contributed by atoms with Gasteiger partial charge in [-0.25, -0.2) is 0 Å². The van der Waals surface area contributed by atoms with Crippen molar-refractivity contribution in [1.82, 2.24) is 15.5 Å². The number of carbonyl (C=O) groups excluding carboxylic acids is 1. The lowest BCUT2D eigenvalue weighted by molar-refractivity contribution is -0.120. The third-order valence-corrected chi connectivity index (χ3v) is 4.85. The van der Waals surface area contributed by atoms with E-state index in [-0.39, 0.29) is 11.2 Å². The van der Waals surface area contributed by atoms with Crippen molar-refractivity contribution in [1.29, 1.82) is 0 Å². The van der Waals surface area contributed by atoms with Gasteiger partial charge in [-0.1, -0.05) is 54.2 Å². The van der Waals surface area contributed by atoms with Crippen LogP contribution in [0.25, 0.3) is 0 Å². The zero-order valence-electron chi connectivity index (χ0n) is 15.2. The maximum atomic E-state index is 12.3. The molecule has 1 amide bonds. The normalized spacial score (nSPS) is 11.8. The van der Waals surface area contributed by atoms with E-state index >= 15 is 0 Å². The number of benzene rings is 2. The van der Waals surface area contributed by atoms with E-state index in [1.165, 1.54) is 11.8 Å². The Balaban J connectivity index is 1.49. The molecule has 1 aromatic heterocycles. The number of hydrogen-bond donors (Lipinski definition) is 1. The second-order valence-corrected chi connectivity index (χ2v) is 7.24. The van der Waals surface area contributed by atoms with E-state index in [2.05, 4.69) is 15.5 Å². The van der Waals surface area contributed by atoms with Gasteiger partial charge < -0.3 is 14.5 Å². The topological polar surface area (TPSA) is 77.2 Å². The van der Waals surface area contributed by atoms with Crippen LogP contribution < -0.4 is 10.1 Å². The SMILES string of the molecule is COc1ccc(CNC(=O)[C@H](C)Sc2nnc(Cc3ccccc3)o2)cc1. The summed E-state index contributed by atoms with van der Waals surface area (Å²) >= 11 is 1.25. The van der Waals surface area contributed by atoms with Crippen molar-refractivity contribution in [2.45, 2.75) is 30.4 Å². The Morgan fingerprint density at radius 2 is 1.85 bits per heavy atom. The maximum Gasteiger partial charge on any atom is 0.277 e. The molecular weight excluding hydrogens is 362 g/mol. The first-order valence-electron chi connectivity index (χ1n) is 8.57. The molecule has 0 saturated carbocycles. The highest BCUT2D eigenvalue weighted by atomic mass is 32.2. The van der Waals surface area contributed by atoms with Gasteiger partial charge in [-0.3, -0.25) is 4.79 Å². The number of nitrogens with zero attached hydrogens (tertiary/aromatic N) is 2. The second-order valence-electron chi connectivity index (χ2n) is 5.95. The summed E-state index contributed by atoms with van der Waals surface area (Å²) in [5.41, 5.74) is 2.10. The minimum atomic E-state index is -0.340. The van der Waals surface area contributed by atoms with Crippen LogP contribution in [0.15, 0.2) is 64.2 Å². The summed E-state index contributed by atoms with van der Waals surface area (Å²) in [5, 5.41) is 11.0. The fraction of sp³-hybridized carbons (Fsp3) is 0.250. The first-order chi connectivity index (χ1) is 13.1. The van der Waals surface area contributed by atoms with Gasteiger partial charge in [0.25, 0.3) is 5.22 Å². The third kappa shape index (κ3) is 5.59. The van der Waals surface area contributed by atoms with Gasteiger partial charge in [-0.2, -0.15) is 0 Å². The molecule has 6 nitrogen and oxygen atoms in total. The molecule has 3 aromatic rings. The van der Waals surface area contributed by atoms with E-state index in [4.69, 9.17) is 9.15 Å². The molecule has 1 heterocycles. The van der Waals surface area contributed by atoms with Crippen LogP contribution in [0.5, 0.6) is 5.75 Å². The molecule has 3 rings (SSSR count). The van der Waals surface area contributed by atoms with Gasteiger partial charge in [-0.05, 0) is 30.2 Å². The number of nitrogens with one attached hydrogen (secondary N) is 1. The van der Waals surface area contributed by atoms with Crippen molar-refractivity contribution in [3.05, 3.63) is 71.6 Å². The van der Waals surface area contributed by atoms with Crippen LogP contribution in [0.2, 0.25) is 0 Å². The Labute approximate surface area is 162 Å². The van der Waals surface area contributed by atoms with E-state index in [9.17, 15) is 4.79 Å². The van der Waals surface area contributed by atoms with Crippen LogP contribution >= 0.6 is 11.8 Å². The van der Waals surface area contributed by atoms with Gasteiger partial charge >= 0.3 is 0 Å². The predicted octanol–water partition coefficient (Wildman–Crippen LogP) is 3.47. The molecule has 0 unspecified atom stereocenters. The largest absolute Gasteiger partial charge is 0.497 e. The summed E-state index contributed by atoms with van der Waals surface area (Å²) in [6.45, 7) is 2.27. The second kappa shape index (κ2) is 9.23. The molecule has 0 aliphatic carbocycles. The lowest BCUT2D eigenvalue weighted by Crippen LogP contribution is -2.30. The molecule has 0 radical (unpaired) electrons. The van der Waals surface area contributed by atoms with Gasteiger partial charge in [0.2, 0.25) is 11.8 Å². The number of aromatic nitrogens is 2. The average molecular weight is 383 g/mol. The lowest BCUT2D eigenvalue weighted by atomic mass is 10.2. The zero-order valence-corrected chi connectivity index (χ0v) is 16.0. The molecule has 0 bridgehead atoms. The summed E-state index contributed by atoms with van der Waals surface area (Å²) in [7, 11) is 1.62. The molecule has 0 saturated heterocycles. The molecular formula is C20H21N3O3S. The number of ether oxygens (including phenoxy) is 1. The molecule has 0 aliphatic heterocycles. The van der Waals surface area contributed by atoms with Crippen LogP contribution in [0, 0.1) is 0 Å². The predicted molar refractivity (Wildman–Crippen MR) is 104 cm³/mol. The van der Waals surface area contributed by atoms with Gasteiger partial charge in [-0.15, -0.1) is 10.2 Å². The van der Waals surface area contributed by atoms with Gasteiger partial charge in [0.05, 0.1) is 18.8 Å². The highest BCUT2D eigenvalue weighted by Crippen LogP contribution is 2.23. The van der Waals surface area contributed by atoms with Crippen molar-refractivity contribution < 1.29 is 13.9 Å². The van der Waals surface area contributed by atoms with E-state index in [1.807, 2.05) is 61.5 Å². The van der Waals surface area contributed by atoms with Crippen molar-refractivity contribution >= 4 is 17.7 Å². The van der Waals surface area contributed by atoms with Gasteiger partial charge in [0.1, 0.15) is 5.75 Å². The van der Waals surface area contributed by atoms with Gasteiger partial charge in [0, 0.05) is 6.54 Å². The average Bonchev–Trinajstić information content (AvgIpc) is 3.14. The summed E-state index contributed by atoms with van der Waals surface area (Å²) in [6.07, 6.45) is 0.576. The summed E-state index contributed by atoms with van der Waals surface area (Å²) < 4.78 is 10.8. The van der Waals surface area contributed by atoms with Crippen LogP contribution in [0.3, 0.4) is 0 Å². The Morgan fingerprint density at radius 3 is 2.56 bits per heavy atom. The van der Waals surface area contributed by atoms with E-state index in [0.717, 1.165) is 16.9 Å². The quantitative estimate of drug-likeness (QED) is 0.600. The summed E-state index contributed by atoms with van der Waals surface area (Å²) in [6, 6.07) is 17.5. The number of methoxy groups -OCH3 is 1. The highest BCUT2D eigenvalue weighted by molar-refractivity contribution is 8.00. The van der Waals surface area contributed by atoms with Crippen LogP contribution in [-0.4, -0.2) is 28.5 Å². The number of amides is 1. The number of rotatable bonds is 8. The van der Waals surface area contributed by atoms with Crippen LogP contribution in [-0.2, 0) is 17.8 Å². The Kier molecular flexibility index (Phi) is 6.49. The van der Waals surface area contributed by atoms with E-state index in [0.29, 0.717) is 24.1 Å². The van der Waals surface area contributed by atoms with Crippen LogP contribution in [0.1, 0.15) is 23.9 Å². The molecule has 27 heavy (non-hydrogen) atoms. The van der Waals surface area contributed by atoms with E-state index < -0.39 is 0 Å². The fourth-order valence-corrected chi connectivity index (χ4v) is 3.13. The van der Waals surface area contributed by atoms with E-state index in [1.54, 1.807) is 7.11 Å². The maximum absolute atomic E-state index is 12.3. The molecule has 140 valence electrons. The molecule has 2 aromatic carbocycles. The smallest absolute Gasteiger partial charge is 0.277 e. The number of carbonyl (C=O) groups is 1. The summed E-state index contributed by atoms with van der Waals surface area (Å²) in [4.78, 5) is 12.3. The minimum Gasteiger partial charge on any atom is -0.497 e. The fourth-order valence-electron chi connectivity index (χ4n) is 2.41. The Bertz CT molecular complexity index is 866. The van der Waals surface area contributed by atoms with Crippen LogP contribution in [0.4, 0.5) is 0 Å². The highest BCUT2D eigenvalue weighted by Gasteiger charge is 2.18. The molecule has 0 spiro atoms. The minimum absolute atomic E-state index is 0.0846. The Hall–Kier alpha value is -2.80.